The number of amides is 2. The van der Waals surface area contributed by atoms with Gasteiger partial charge in [0.15, 0.2) is 0 Å². The molecular formula is C27H38N2O11. The Kier molecular flexibility index (Phi) is 10.9. The van der Waals surface area contributed by atoms with Gasteiger partial charge in [0, 0.05) is 30.6 Å². The number of unbranched alkanes of at least 4 members (excludes halogenated alkanes) is 2. The molecule has 1 aromatic heterocycles. The Balaban J connectivity index is 1.51. The zero-order valence-electron chi connectivity index (χ0n) is 22.8. The van der Waals surface area contributed by atoms with Crippen LogP contribution in [0.3, 0.4) is 0 Å². The number of fused-ring (bicyclic) bond motifs is 1. The quantitative estimate of drug-likeness (QED) is 0.162. The van der Waals surface area contributed by atoms with Crippen LogP contribution in [0.5, 0.6) is 5.75 Å². The van der Waals surface area contributed by atoms with E-state index in [9.17, 15) is 34.8 Å². The van der Waals surface area contributed by atoms with Crippen LogP contribution in [0, 0.1) is 0 Å². The van der Waals surface area contributed by atoms with E-state index in [1.54, 1.807) is 26.8 Å². The van der Waals surface area contributed by atoms with Crippen LogP contribution in [0.25, 0.3) is 11.0 Å². The number of alkyl carbamates (subject to hydrolysis) is 1. The zero-order valence-corrected chi connectivity index (χ0v) is 22.8. The molecule has 5 atom stereocenters. The van der Waals surface area contributed by atoms with Gasteiger partial charge in [0.25, 0.3) is 0 Å². The second kappa shape index (κ2) is 13.9. The van der Waals surface area contributed by atoms with Crippen molar-refractivity contribution >= 4 is 23.0 Å². The predicted molar refractivity (Wildman–Crippen MR) is 142 cm³/mol. The summed E-state index contributed by atoms with van der Waals surface area (Å²) in [5.41, 5.74) is -0.638. The van der Waals surface area contributed by atoms with Gasteiger partial charge >= 0.3 is 11.7 Å². The Labute approximate surface area is 231 Å². The second-order valence-electron chi connectivity index (χ2n) is 10.6. The minimum absolute atomic E-state index is 0.0603. The van der Waals surface area contributed by atoms with E-state index in [1.807, 2.05) is 0 Å². The number of rotatable bonds is 11. The second-order valence-corrected chi connectivity index (χ2v) is 10.6. The standard InChI is InChI=1S/C27H38N2O11/c1-27(2,3)40-26(36)29-10-6-4-5-9-28-20(31)11-15-12-21(32)38-18-13-16(7-8-17(15)18)37-25-24(35)23(34)22(33)19(14-30)39-25/h7-8,12-13,19,22-25,30,33-35H,4-6,9-11,14H2,1-3H3,(H,28,31)(H,29,36)/t19-,22+,23+,24-,25-/m1/s1. The van der Waals surface area contributed by atoms with Gasteiger partial charge in [-0.25, -0.2) is 9.59 Å². The number of ether oxygens (including phenoxy) is 3. The highest BCUT2D eigenvalue weighted by molar-refractivity contribution is 5.87. The molecule has 3 rings (SSSR count). The Morgan fingerprint density at radius 2 is 1.68 bits per heavy atom. The zero-order chi connectivity index (χ0) is 29.4. The molecule has 6 N–H and O–H groups in total. The number of carbonyl (C=O) groups is 2. The summed E-state index contributed by atoms with van der Waals surface area (Å²) in [6.07, 6.45) is -5.57. The van der Waals surface area contributed by atoms with Crippen molar-refractivity contribution in [1.29, 1.82) is 0 Å². The van der Waals surface area contributed by atoms with E-state index < -0.39 is 54.6 Å². The molecule has 0 saturated carbocycles. The Morgan fingerprint density at radius 1 is 0.975 bits per heavy atom. The number of aliphatic hydroxyl groups excluding tert-OH is 4. The van der Waals surface area contributed by atoms with Gasteiger partial charge in [0.05, 0.1) is 13.0 Å². The third-order valence-corrected chi connectivity index (χ3v) is 6.10. The molecule has 13 nitrogen and oxygen atoms in total. The molecule has 2 heterocycles. The van der Waals surface area contributed by atoms with Crippen LogP contribution < -0.4 is 21.0 Å². The molecule has 2 aromatic rings. The lowest BCUT2D eigenvalue weighted by Crippen LogP contribution is -2.60. The molecule has 40 heavy (non-hydrogen) atoms. The van der Waals surface area contributed by atoms with Gasteiger partial charge in [0.2, 0.25) is 12.2 Å². The first kappa shape index (κ1) is 31.3. The van der Waals surface area contributed by atoms with Crippen LogP contribution in [-0.2, 0) is 20.7 Å². The van der Waals surface area contributed by atoms with E-state index in [4.69, 9.17) is 18.6 Å². The van der Waals surface area contributed by atoms with E-state index in [1.165, 1.54) is 18.2 Å². The van der Waals surface area contributed by atoms with Crippen LogP contribution in [0.2, 0.25) is 0 Å². The summed E-state index contributed by atoms with van der Waals surface area (Å²) >= 11 is 0. The van der Waals surface area contributed by atoms with E-state index in [0.717, 1.165) is 12.8 Å². The van der Waals surface area contributed by atoms with Gasteiger partial charge in [-0.05, 0) is 57.7 Å². The first-order valence-corrected chi connectivity index (χ1v) is 13.2. The lowest BCUT2D eigenvalue weighted by Gasteiger charge is -2.39. The highest BCUT2D eigenvalue weighted by Crippen LogP contribution is 2.27. The summed E-state index contributed by atoms with van der Waals surface area (Å²) in [6, 6.07) is 5.71. The maximum absolute atomic E-state index is 12.5. The van der Waals surface area contributed by atoms with Crippen molar-refractivity contribution in [3.05, 3.63) is 40.2 Å². The normalized spacial score (nSPS) is 23.0. The molecule has 1 fully saturated rings. The van der Waals surface area contributed by atoms with Gasteiger partial charge in [-0.2, -0.15) is 0 Å². The molecule has 0 radical (unpaired) electrons. The third-order valence-electron chi connectivity index (χ3n) is 6.10. The van der Waals surface area contributed by atoms with E-state index in [0.29, 0.717) is 30.5 Å². The van der Waals surface area contributed by atoms with Crippen molar-refractivity contribution in [2.24, 2.45) is 0 Å². The van der Waals surface area contributed by atoms with Crippen molar-refractivity contribution in [1.82, 2.24) is 10.6 Å². The van der Waals surface area contributed by atoms with Crippen LogP contribution in [0.1, 0.15) is 45.6 Å². The molecule has 2 amide bonds. The highest BCUT2D eigenvalue weighted by atomic mass is 16.7. The van der Waals surface area contributed by atoms with Gasteiger partial charge in [-0.3, -0.25) is 4.79 Å². The van der Waals surface area contributed by atoms with Crippen LogP contribution >= 0.6 is 0 Å². The first-order valence-electron chi connectivity index (χ1n) is 13.2. The Morgan fingerprint density at radius 3 is 2.35 bits per heavy atom. The summed E-state index contributed by atoms with van der Waals surface area (Å²) in [5.74, 6) is -0.150. The van der Waals surface area contributed by atoms with Crippen LogP contribution in [0.15, 0.2) is 33.5 Å². The summed E-state index contributed by atoms with van der Waals surface area (Å²) < 4.78 is 21.4. The van der Waals surface area contributed by atoms with Gasteiger partial charge in [0.1, 0.15) is 41.3 Å². The molecule has 0 bridgehead atoms. The monoisotopic (exact) mass is 566 g/mol. The molecule has 0 unspecified atom stereocenters. The SMILES string of the molecule is CC(C)(C)OC(=O)NCCCCCNC(=O)Cc1cc(=O)oc2cc(O[C@@H]3O[C@H](CO)[C@H](O)[C@H](O)[C@H]3O)ccc12. The lowest BCUT2D eigenvalue weighted by molar-refractivity contribution is -0.277. The molecule has 1 aliphatic rings. The average Bonchev–Trinajstić information content (AvgIpc) is 2.87. The van der Waals surface area contributed by atoms with Crippen molar-refractivity contribution < 1.29 is 48.6 Å². The summed E-state index contributed by atoms with van der Waals surface area (Å²) in [5, 5.41) is 45.4. The fourth-order valence-corrected chi connectivity index (χ4v) is 4.12. The van der Waals surface area contributed by atoms with Crippen molar-refractivity contribution in [2.75, 3.05) is 19.7 Å². The van der Waals surface area contributed by atoms with Crippen LogP contribution in [-0.4, -0.2) is 88.4 Å². The summed E-state index contributed by atoms with van der Waals surface area (Å²) in [6.45, 7) is 5.67. The number of nitrogens with one attached hydrogen (secondary N) is 2. The third kappa shape index (κ3) is 8.89. The minimum atomic E-state index is -1.60. The maximum Gasteiger partial charge on any atom is 0.407 e. The molecule has 13 heteroatoms. The predicted octanol–water partition coefficient (Wildman–Crippen LogP) is 0.325. The van der Waals surface area contributed by atoms with Crippen molar-refractivity contribution in [3.63, 3.8) is 0 Å². The summed E-state index contributed by atoms with van der Waals surface area (Å²) in [7, 11) is 0. The first-order chi connectivity index (χ1) is 18.9. The van der Waals surface area contributed by atoms with Crippen LogP contribution in [0.4, 0.5) is 4.79 Å². The fraction of sp³-hybridized carbons (Fsp3) is 0.593. The fourth-order valence-electron chi connectivity index (χ4n) is 4.12. The number of aliphatic hydroxyl groups is 4. The summed E-state index contributed by atoms with van der Waals surface area (Å²) in [4.78, 5) is 36.3. The average molecular weight is 567 g/mol. The molecule has 1 aliphatic heterocycles. The maximum atomic E-state index is 12.5. The van der Waals surface area contributed by atoms with E-state index in [-0.39, 0.29) is 23.7 Å². The van der Waals surface area contributed by atoms with E-state index in [2.05, 4.69) is 10.6 Å². The van der Waals surface area contributed by atoms with Gasteiger partial charge < -0.3 is 49.7 Å². The molecular weight excluding hydrogens is 528 g/mol. The number of carbonyl (C=O) groups excluding carboxylic acids is 2. The number of hydrogen-bond donors (Lipinski definition) is 6. The van der Waals surface area contributed by atoms with Crippen molar-refractivity contribution in [2.45, 2.75) is 82.8 Å². The topological polar surface area (TPSA) is 197 Å². The molecule has 0 spiro atoms. The molecule has 0 aliphatic carbocycles. The Bertz CT molecular complexity index is 1210. The van der Waals surface area contributed by atoms with Gasteiger partial charge in [-0.1, -0.05) is 0 Å². The molecule has 1 aromatic carbocycles. The highest BCUT2D eigenvalue weighted by Gasteiger charge is 2.44. The largest absolute Gasteiger partial charge is 0.462 e. The van der Waals surface area contributed by atoms with E-state index >= 15 is 0 Å². The molecule has 1 saturated heterocycles. The number of hydrogen-bond acceptors (Lipinski definition) is 11. The Hall–Kier alpha value is -3.23. The van der Waals surface area contributed by atoms with Gasteiger partial charge in [-0.15, -0.1) is 0 Å². The van der Waals surface area contributed by atoms with Crippen molar-refractivity contribution in [3.8, 4) is 5.75 Å². The number of benzene rings is 1. The minimum Gasteiger partial charge on any atom is -0.462 e. The molecule has 222 valence electrons. The lowest BCUT2D eigenvalue weighted by atomic mass is 9.99. The smallest absolute Gasteiger partial charge is 0.407 e.